The molecule has 3 aromatic carbocycles. The standard InChI is InChI=1S/C34H35N3O4/c1-3-41-34(40)24-14-16-25(17-15-24)36-18-20-37(21-19-36)33(39)30-22(2)35-28-12-7-13-29(38)32(28)31(30)27-11-6-9-23-8-4-5-10-26(23)27/h4-6,8-11,14-17,31,35H,3,7,12-13,18-21H2,1-2H3. The van der Waals surface area contributed by atoms with E-state index in [1.165, 1.54) is 0 Å². The molecule has 6 rings (SSSR count). The SMILES string of the molecule is CCOC(=O)c1ccc(N2CCN(C(=O)C3=C(C)NC4=C(C(=O)CCC4)C3c3cccc4ccccc34)CC2)cc1. The Labute approximate surface area is 240 Å². The molecule has 7 nitrogen and oxygen atoms in total. The minimum absolute atomic E-state index is 0.0184. The van der Waals surface area contributed by atoms with Crippen molar-refractivity contribution in [3.63, 3.8) is 0 Å². The van der Waals surface area contributed by atoms with Crippen LogP contribution >= 0.6 is 0 Å². The summed E-state index contributed by atoms with van der Waals surface area (Å²) in [5.41, 5.74) is 5.76. The fourth-order valence-electron chi connectivity index (χ4n) is 6.44. The fourth-order valence-corrected chi connectivity index (χ4v) is 6.44. The van der Waals surface area contributed by atoms with Gasteiger partial charge in [-0.15, -0.1) is 0 Å². The molecule has 2 aliphatic heterocycles. The highest BCUT2D eigenvalue weighted by molar-refractivity contribution is 6.06. The molecule has 0 spiro atoms. The molecule has 210 valence electrons. The first-order valence-electron chi connectivity index (χ1n) is 14.5. The minimum Gasteiger partial charge on any atom is -0.462 e. The summed E-state index contributed by atoms with van der Waals surface area (Å²) in [5.74, 6) is -0.610. The van der Waals surface area contributed by atoms with Gasteiger partial charge in [0.1, 0.15) is 0 Å². The molecule has 1 amide bonds. The summed E-state index contributed by atoms with van der Waals surface area (Å²) in [5, 5.41) is 5.64. The van der Waals surface area contributed by atoms with E-state index in [-0.39, 0.29) is 17.7 Å². The van der Waals surface area contributed by atoms with Crippen LogP contribution < -0.4 is 10.2 Å². The summed E-state index contributed by atoms with van der Waals surface area (Å²) in [4.78, 5) is 43.9. The van der Waals surface area contributed by atoms with Gasteiger partial charge in [-0.2, -0.15) is 0 Å². The van der Waals surface area contributed by atoms with Crippen LogP contribution in [0.2, 0.25) is 0 Å². The van der Waals surface area contributed by atoms with Gasteiger partial charge in [-0.05, 0) is 67.3 Å². The van der Waals surface area contributed by atoms with Crippen LogP contribution in [0.3, 0.4) is 0 Å². The van der Waals surface area contributed by atoms with Gasteiger partial charge in [0.15, 0.2) is 5.78 Å². The molecular weight excluding hydrogens is 514 g/mol. The van der Waals surface area contributed by atoms with Gasteiger partial charge in [0.2, 0.25) is 0 Å². The highest BCUT2D eigenvalue weighted by atomic mass is 16.5. The lowest BCUT2D eigenvalue weighted by Crippen LogP contribution is -2.50. The van der Waals surface area contributed by atoms with Gasteiger partial charge in [0.25, 0.3) is 5.91 Å². The van der Waals surface area contributed by atoms with Gasteiger partial charge in [0, 0.05) is 66.7 Å². The minimum atomic E-state index is -0.397. The number of hydrogen-bond donors (Lipinski definition) is 1. The summed E-state index contributed by atoms with van der Waals surface area (Å²) in [7, 11) is 0. The molecule has 41 heavy (non-hydrogen) atoms. The number of hydrogen-bond acceptors (Lipinski definition) is 6. The number of ketones is 1. The molecule has 0 radical (unpaired) electrons. The molecule has 7 heteroatoms. The van der Waals surface area contributed by atoms with Gasteiger partial charge in [-0.1, -0.05) is 42.5 Å². The number of piperazine rings is 1. The third-order valence-corrected chi connectivity index (χ3v) is 8.45. The number of rotatable bonds is 5. The van der Waals surface area contributed by atoms with Crippen LogP contribution in [0.15, 0.2) is 89.3 Å². The molecule has 0 aromatic heterocycles. The van der Waals surface area contributed by atoms with E-state index in [2.05, 4.69) is 34.5 Å². The summed E-state index contributed by atoms with van der Waals surface area (Å²) < 4.78 is 5.09. The number of carbonyl (C=O) groups excluding carboxylic acids is 3. The monoisotopic (exact) mass is 549 g/mol. The molecule has 1 aliphatic carbocycles. The van der Waals surface area contributed by atoms with Crippen molar-refractivity contribution in [1.29, 1.82) is 0 Å². The van der Waals surface area contributed by atoms with E-state index in [9.17, 15) is 14.4 Å². The Morgan fingerprint density at radius 3 is 2.41 bits per heavy atom. The number of esters is 1. The first kappa shape index (κ1) is 26.8. The number of benzene rings is 3. The number of carbonyl (C=O) groups is 3. The number of ether oxygens (including phenoxy) is 1. The molecule has 3 aliphatic rings. The lowest BCUT2D eigenvalue weighted by molar-refractivity contribution is -0.127. The van der Waals surface area contributed by atoms with Gasteiger partial charge in [-0.3, -0.25) is 9.59 Å². The molecule has 1 fully saturated rings. The molecule has 1 saturated heterocycles. The van der Waals surface area contributed by atoms with E-state index >= 15 is 0 Å². The number of anilines is 1. The predicted molar refractivity (Wildman–Crippen MR) is 160 cm³/mol. The predicted octanol–water partition coefficient (Wildman–Crippen LogP) is 5.33. The van der Waals surface area contributed by atoms with Gasteiger partial charge < -0.3 is 19.9 Å². The Morgan fingerprint density at radius 1 is 0.927 bits per heavy atom. The normalized spacial score (nSPS) is 19.3. The molecule has 1 atom stereocenters. The van der Waals surface area contributed by atoms with Crippen LogP contribution in [-0.2, 0) is 14.3 Å². The smallest absolute Gasteiger partial charge is 0.338 e. The highest BCUT2D eigenvalue weighted by Gasteiger charge is 2.40. The molecule has 0 saturated carbocycles. The van der Waals surface area contributed by atoms with E-state index in [0.717, 1.165) is 51.8 Å². The van der Waals surface area contributed by atoms with Gasteiger partial charge in [0.05, 0.1) is 12.2 Å². The Hall–Kier alpha value is -4.39. The van der Waals surface area contributed by atoms with Crippen molar-refractivity contribution in [1.82, 2.24) is 10.2 Å². The Balaban J connectivity index is 1.28. The lowest BCUT2D eigenvalue weighted by Gasteiger charge is -2.40. The third kappa shape index (κ3) is 5.01. The maximum Gasteiger partial charge on any atom is 0.338 e. The lowest BCUT2D eigenvalue weighted by atomic mass is 9.73. The van der Waals surface area contributed by atoms with Crippen LogP contribution in [0, 0.1) is 0 Å². The van der Waals surface area contributed by atoms with Crippen molar-refractivity contribution < 1.29 is 19.1 Å². The number of dihydropyridines is 1. The van der Waals surface area contributed by atoms with Crippen molar-refractivity contribution in [2.45, 2.75) is 39.0 Å². The van der Waals surface area contributed by atoms with E-state index < -0.39 is 5.92 Å². The fraction of sp³-hybridized carbons (Fsp3) is 0.324. The number of nitrogens with zero attached hydrogens (tertiary/aromatic N) is 2. The van der Waals surface area contributed by atoms with E-state index in [1.54, 1.807) is 19.1 Å². The topological polar surface area (TPSA) is 79.0 Å². The molecule has 1 N–H and O–H groups in total. The van der Waals surface area contributed by atoms with Crippen LogP contribution in [0.25, 0.3) is 10.8 Å². The summed E-state index contributed by atoms with van der Waals surface area (Å²) >= 11 is 0. The van der Waals surface area contributed by atoms with Crippen LogP contribution in [0.1, 0.15) is 54.9 Å². The number of nitrogens with one attached hydrogen (secondary N) is 1. The Bertz CT molecular complexity index is 1570. The van der Waals surface area contributed by atoms with Crippen LogP contribution in [0.4, 0.5) is 5.69 Å². The van der Waals surface area contributed by atoms with E-state index in [0.29, 0.717) is 50.3 Å². The molecule has 1 unspecified atom stereocenters. The average Bonchev–Trinajstić information content (AvgIpc) is 3.00. The number of allylic oxidation sites excluding steroid dienone is 3. The molecule has 0 bridgehead atoms. The quantitative estimate of drug-likeness (QED) is 0.434. The van der Waals surface area contributed by atoms with Crippen molar-refractivity contribution in [2.24, 2.45) is 0 Å². The number of Topliss-reactive ketones (excluding diaryl/α,β-unsaturated/α-hetero) is 1. The Kier molecular flexibility index (Phi) is 7.35. The maximum atomic E-state index is 14.3. The Morgan fingerprint density at radius 2 is 1.66 bits per heavy atom. The largest absolute Gasteiger partial charge is 0.462 e. The van der Waals surface area contributed by atoms with Gasteiger partial charge in [-0.25, -0.2) is 4.79 Å². The zero-order chi connectivity index (χ0) is 28.5. The van der Waals surface area contributed by atoms with E-state index in [1.807, 2.05) is 42.2 Å². The van der Waals surface area contributed by atoms with Crippen molar-refractivity contribution in [3.05, 3.63) is 100 Å². The first-order chi connectivity index (χ1) is 20.0. The van der Waals surface area contributed by atoms with Crippen LogP contribution in [0.5, 0.6) is 0 Å². The van der Waals surface area contributed by atoms with Gasteiger partial charge >= 0.3 is 5.97 Å². The van der Waals surface area contributed by atoms with E-state index in [4.69, 9.17) is 4.74 Å². The molecular formula is C34H35N3O4. The second kappa shape index (κ2) is 11.2. The highest BCUT2D eigenvalue weighted by Crippen LogP contribution is 2.44. The zero-order valence-electron chi connectivity index (χ0n) is 23.6. The zero-order valence-corrected chi connectivity index (χ0v) is 23.6. The maximum absolute atomic E-state index is 14.3. The second-order valence-corrected chi connectivity index (χ2v) is 10.9. The van der Waals surface area contributed by atoms with Crippen molar-refractivity contribution >= 4 is 34.1 Å². The average molecular weight is 550 g/mol. The molecule has 2 heterocycles. The number of fused-ring (bicyclic) bond motifs is 1. The summed E-state index contributed by atoms with van der Waals surface area (Å²) in [6, 6.07) is 21.8. The molecule has 3 aromatic rings. The number of amides is 1. The second-order valence-electron chi connectivity index (χ2n) is 10.9. The first-order valence-corrected chi connectivity index (χ1v) is 14.5. The van der Waals surface area contributed by atoms with Crippen molar-refractivity contribution in [3.8, 4) is 0 Å². The third-order valence-electron chi connectivity index (χ3n) is 8.45. The summed E-state index contributed by atoms with van der Waals surface area (Å²) in [6.07, 6.45) is 2.15. The van der Waals surface area contributed by atoms with Crippen molar-refractivity contribution in [2.75, 3.05) is 37.7 Å². The summed E-state index contributed by atoms with van der Waals surface area (Å²) in [6.45, 7) is 6.59. The van der Waals surface area contributed by atoms with Crippen LogP contribution in [-0.4, -0.2) is 55.3 Å².